The first-order chi connectivity index (χ1) is 7.33. The van der Waals surface area contributed by atoms with Crippen molar-refractivity contribution in [2.45, 2.75) is 6.04 Å². The molecule has 5 nitrogen and oxygen atoms in total. The molecule has 0 aromatic rings. The molecule has 1 fully saturated rings. The SMILES string of the molecule is CN(CCO)CCOCC1COCCN1. The van der Waals surface area contributed by atoms with E-state index in [-0.39, 0.29) is 6.61 Å². The van der Waals surface area contributed by atoms with Crippen molar-refractivity contribution < 1.29 is 14.6 Å². The second kappa shape index (κ2) is 8.01. The Balaban J connectivity index is 1.91. The first-order valence-corrected chi connectivity index (χ1v) is 5.51. The monoisotopic (exact) mass is 218 g/mol. The summed E-state index contributed by atoms with van der Waals surface area (Å²) in [5.74, 6) is 0. The molecule has 1 atom stereocenters. The second-order valence-electron chi connectivity index (χ2n) is 3.83. The Morgan fingerprint density at radius 2 is 2.40 bits per heavy atom. The smallest absolute Gasteiger partial charge is 0.0642 e. The number of hydrogen-bond donors (Lipinski definition) is 2. The number of likely N-dealkylation sites (N-methyl/N-ethyl adjacent to an activating group) is 1. The summed E-state index contributed by atoms with van der Waals surface area (Å²) in [6.45, 7) is 5.62. The first-order valence-electron chi connectivity index (χ1n) is 5.51. The lowest BCUT2D eigenvalue weighted by atomic mass is 10.3. The van der Waals surface area contributed by atoms with Gasteiger partial charge in [0.25, 0.3) is 0 Å². The predicted molar refractivity (Wildman–Crippen MR) is 58.0 cm³/mol. The van der Waals surface area contributed by atoms with Gasteiger partial charge in [-0.15, -0.1) is 0 Å². The zero-order valence-electron chi connectivity index (χ0n) is 9.45. The lowest BCUT2D eigenvalue weighted by Crippen LogP contribution is -2.44. The Morgan fingerprint density at radius 1 is 1.53 bits per heavy atom. The number of aliphatic hydroxyl groups excluding tert-OH is 1. The van der Waals surface area contributed by atoms with Crippen molar-refractivity contribution in [3.63, 3.8) is 0 Å². The molecule has 0 amide bonds. The Morgan fingerprint density at radius 3 is 3.07 bits per heavy atom. The van der Waals surface area contributed by atoms with Crippen molar-refractivity contribution in [1.29, 1.82) is 0 Å². The third-order valence-electron chi connectivity index (χ3n) is 2.42. The summed E-state index contributed by atoms with van der Waals surface area (Å²) >= 11 is 0. The number of nitrogens with one attached hydrogen (secondary N) is 1. The number of ether oxygens (including phenoxy) is 2. The molecule has 0 bridgehead atoms. The Bertz CT molecular complexity index is 152. The summed E-state index contributed by atoms with van der Waals surface area (Å²) < 4.78 is 10.8. The van der Waals surface area contributed by atoms with Gasteiger partial charge >= 0.3 is 0 Å². The van der Waals surface area contributed by atoms with Crippen molar-refractivity contribution in [2.24, 2.45) is 0 Å². The Kier molecular flexibility index (Phi) is 6.87. The molecule has 90 valence electrons. The molecular formula is C10H22N2O3. The summed E-state index contributed by atoms with van der Waals surface area (Å²) in [6, 6.07) is 0.335. The maximum absolute atomic E-state index is 8.69. The van der Waals surface area contributed by atoms with Crippen LogP contribution in [-0.4, -0.2) is 75.8 Å². The van der Waals surface area contributed by atoms with Crippen molar-refractivity contribution in [3.05, 3.63) is 0 Å². The van der Waals surface area contributed by atoms with E-state index < -0.39 is 0 Å². The molecule has 0 aromatic carbocycles. The van der Waals surface area contributed by atoms with Crippen LogP contribution in [0.15, 0.2) is 0 Å². The van der Waals surface area contributed by atoms with Crippen LogP contribution in [0.5, 0.6) is 0 Å². The molecule has 1 unspecified atom stereocenters. The van der Waals surface area contributed by atoms with Gasteiger partial charge in [-0.05, 0) is 7.05 Å². The van der Waals surface area contributed by atoms with Gasteiger partial charge in [-0.3, -0.25) is 0 Å². The minimum Gasteiger partial charge on any atom is -0.395 e. The molecule has 0 radical (unpaired) electrons. The van der Waals surface area contributed by atoms with Gasteiger partial charge in [0.1, 0.15) is 0 Å². The average Bonchev–Trinajstić information content (AvgIpc) is 2.26. The van der Waals surface area contributed by atoms with Crippen molar-refractivity contribution in [3.8, 4) is 0 Å². The van der Waals surface area contributed by atoms with E-state index in [1.807, 2.05) is 11.9 Å². The van der Waals surface area contributed by atoms with Gasteiger partial charge in [0.2, 0.25) is 0 Å². The molecule has 0 spiro atoms. The van der Waals surface area contributed by atoms with Gasteiger partial charge < -0.3 is 24.8 Å². The fourth-order valence-corrected chi connectivity index (χ4v) is 1.46. The van der Waals surface area contributed by atoms with Crippen LogP contribution in [0.1, 0.15) is 0 Å². The maximum Gasteiger partial charge on any atom is 0.0642 e. The molecule has 1 heterocycles. The maximum atomic E-state index is 8.69. The van der Waals surface area contributed by atoms with E-state index in [2.05, 4.69) is 5.32 Å². The molecule has 0 saturated carbocycles. The quantitative estimate of drug-likeness (QED) is 0.532. The van der Waals surface area contributed by atoms with Crippen molar-refractivity contribution in [1.82, 2.24) is 10.2 Å². The lowest BCUT2D eigenvalue weighted by Gasteiger charge is -2.24. The van der Waals surface area contributed by atoms with E-state index in [0.717, 1.165) is 26.3 Å². The number of morpholine rings is 1. The molecule has 15 heavy (non-hydrogen) atoms. The van der Waals surface area contributed by atoms with Crippen LogP contribution in [0, 0.1) is 0 Å². The van der Waals surface area contributed by atoms with Crippen LogP contribution < -0.4 is 5.32 Å². The van der Waals surface area contributed by atoms with E-state index >= 15 is 0 Å². The van der Waals surface area contributed by atoms with Crippen LogP contribution in [0.25, 0.3) is 0 Å². The van der Waals surface area contributed by atoms with Gasteiger partial charge in [0.05, 0.1) is 39.1 Å². The fraction of sp³-hybridized carbons (Fsp3) is 1.00. The van der Waals surface area contributed by atoms with Crippen LogP contribution in [0.4, 0.5) is 0 Å². The highest BCUT2D eigenvalue weighted by Crippen LogP contribution is 1.94. The normalized spacial score (nSPS) is 22.2. The molecule has 1 rings (SSSR count). The van der Waals surface area contributed by atoms with Crippen LogP contribution in [-0.2, 0) is 9.47 Å². The number of nitrogens with zero attached hydrogens (tertiary/aromatic N) is 1. The highest BCUT2D eigenvalue weighted by molar-refractivity contribution is 4.68. The van der Waals surface area contributed by atoms with E-state index in [1.54, 1.807) is 0 Å². The third-order valence-corrected chi connectivity index (χ3v) is 2.42. The predicted octanol–water partition coefficient (Wildman–Crippen LogP) is -1.08. The third kappa shape index (κ3) is 6.06. The second-order valence-corrected chi connectivity index (χ2v) is 3.83. The van der Waals surface area contributed by atoms with Gasteiger partial charge in [-0.1, -0.05) is 0 Å². The molecule has 1 saturated heterocycles. The summed E-state index contributed by atoms with van der Waals surface area (Å²) in [5, 5.41) is 12.0. The minimum atomic E-state index is 0.203. The highest BCUT2D eigenvalue weighted by atomic mass is 16.5. The van der Waals surface area contributed by atoms with Gasteiger partial charge in [0, 0.05) is 19.6 Å². The molecule has 0 aliphatic carbocycles. The zero-order chi connectivity index (χ0) is 10.9. The summed E-state index contributed by atoms with van der Waals surface area (Å²) in [4.78, 5) is 2.05. The van der Waals surface area contributed by atoms with E-state index in [4.69, 9.17) is 14.6 Å². The molecule has 2 N–H and O–H groups in total. The summed E-state index contributed by atoms with van der Waals surface area (Å²) in [7, 11) is 1.97. The summed E-state index contributed by atoms with van der Waals surface area (Å²) in [6.07, 6.45) is 0. The van der Waals surface area contributed by atoms with Crippen LogP contribution >= 0.6 is 0 Å². The van der Waals surface area contributed by atoms with Gasteiger partial charge in [-0.25, -0.2) is 0 Å². The van der Waals surface area contributed by atoms with Gasteiger partial charge in [-0.2, -0.15) is 0 Å². The topological polar surface area (TPSA) is 54.0 Å². The molecular weight excluding hydrogens is 196 g/mol. The first kappa shape index (κ1) is 12.9. The largest absolute Gasteiger partial charge is 0.395 e. The number of aliphatic hydroxyl groups is 1. The standard InChI is InChI=1S/C10H22N2O3/c1-12(3-5-13)4-7-15-9-10-8-14-6-2-11-10/h10-11,13H,2-9H2,1H3. The molecule has 0 aromatic heterocycles. The van der Waals surface area contributed by atoms with Crippen LogP contribution in [0.2, 0.25) is 0 Å². The van der Waals surface area contributed by atoms with Crippen molar-refractivity contribution in [2.75, 3.05) is 59.7 Å². The Labute approximate surface area is 91.3 Å². The van der Waals surface area contributed by atoms with Crippen LogP contribution in [0.3, 0.4) is 0 Å². The number of hydrogen-bond acceptors (Lipinski definition) is 5. The summed E-state index contributed by atoms with van der Waals surface area (Å²) in [5.41, 5.74) is 0. The van der Waals surface area contributed by atoms with E-state index in [0.29, 0.717) is 25.8 Å². The van der Waals surface area contributed by atoms with Crippen molar-refractivity contribution >= 4 is 0 Å². The molecule has 5 heteroatoms. The highest BCUT2D eigenvalue weighted by Gasteiger charge is 2.12. The molecule has 1 aliphatic rings. The van der Waals surface area contributed by atoms with E-state index in [9.17, 15) is 0 Å². The van der Waals surface area contributed by atoms with Gasteiger partial charge in [0.15, 0.2) is 0 Å². The fourth-order valence-electron chi connectivity index (χ4n) is 1.46. The lowest BCUT2D eigenvalue weighted by molar-refractivity contribution is 0.0243. The van der Waals surface area contributed by atoms with E-state index in [1.165, 1.54) is 0 Å². The minimum absolute atomic E-state index is 0.203. The zero-order valence-corrected chi connectivity index (χ0v) is 9.45. The Hall–Kier alpha value is -0.200. The number of rotatable bonds is 7. The average molecular weight is 218 g/mol. The molecule has 1 aliphatic heterocycles.